The fourth-order valence-corrected chi connectivity index (χ4v) is 4.11. The molecule has 152 valence electrons. The second-order valence-corrected chi connectivity index (χ2v) is 7.93. The fraction of sp³-hybridized carbons (Fsp3) is 0.350. The minimum absolute atomic E-state index is 0.0902. The zero-order valence-corrected chi connectivity index (χ0v) is 16.8. The van der Waals surface area contributed by atoms with Crippen molar-refractivity contribution in [2.75, 3.05) is 25.1 Å². The van der Waals surface area contributed by atoms with Crippen molar-refractivity contribution in [3.63, 3.8) is 0 Å². The lowest BCUT2D eigenvalue weighted by Crippen LogP contribution is -2.28. The van der Waals surface area contributed by atoms with Gasteiger partial charge in [-0.2, -0.15) is 0 Å². The second kappa shape index (κ2) is 10.2. The van der Waals surface area contributed by atoms with Crippen LogP contribution >= 0.6 is 0 Å². The lowest BCUT2D eigenvalue weighted by atomic mass is 10.1. The van der Waals surface area contributed by atoms with Crippen molar-refractivity contribution in [1.29, 1.82) is 0 Å². The number of benzene rings is 2. The molecule has 0 saturated carbocycles. The third-order valence-corrected chi connectivity index (χ3v) is 5.72. The summed E-state index contributed by atoms with van der Waals surface area (Å²) in [6.07, 6.45) is 0.696. The highest BCUT2D eigenvalue weighted by Crippen LogP contribution is 2.25. The minimum atomic E-state index is -3.95. The Hall–Kier alpha value is -2.42. The zero-order chi connectivity index (χ0) is 20.6. The summed E-state index contributed by atoms with van der Waals surface area (Å²) in [5.74, 6) is -1.18. The molecule has 8 heteroatoms. The smallest absolute Gasteiger partial charge is 0.335 e. The number of hydrogen-bond donors (Lipinski definition) is 3. The van der Waals surface area contributed by atoms with Gasteiger partial charge < -0.3 is 15.2 Å². The quantitative estimate of drug-likeness (QED) is 0.495. The van der Waals surface area contributed by atoms with Gasteiger partial charge in [0.15, 0.2) is 0 Å². The molecule has 2 aromatic carbocycles. The SMILES string of the molecule is CCOCCCNc1ccc(C(=O)O)cc1S(=O)(=O)N[C@@H](C)c1ccccc1. The molecule has 2 aromatic rings. The predicted octanol–water partition coefficient (Wildman–Crippen LogP) is 3.26. The molecule has 0 saturated heterocycles. The molecule has 0 aliphatic heterocycles. The topological polar surface area (TPSA) is 105 Å². The first-order chi connectivity index (χ1) is 13.3. The van der Waals surface area contributed by atoms with Crippen LogP contribution in [0.4, 0.5) is 5.69 Å². The van der Waals surface area contributed by atoms with Gasteiger partial charge >= 0.3 is 5.97 Å². The number of carboxylic acid groups (broad SMARTS) is 1. The Morgan fingerprint density at radius 3 is 2.54 bits per heavy atom. The summed E-state index contributed by atoms with van der Waals surface area (Å²) in [5, 5.41) is 12.3. The standard InChI is InChI=1S/C20H26N2O5S/c1-3-27-13-7-12-21-18-11-10-17(20(23)24)14-19(18)28(25,26)22-15(2)16-8-5-4-6-9-16/h4-6,8-11,14-15,21-22H,3,7,12-13H2,1-2H3,(H,23,24)/t15-/m0/s1. The number of carbonyl (C=O) groups is 1. The molecule has 0 heterocycles. The van der Waals surface area contributed by atoms with E-state index < -0.39 is 22.0 Å². The molecule has 7 nitrogen and oxygen atoms in total. The number of anilines is 1. The lowest BCUT2D eigenvalue weighted by Gasteiger charge is -2.18. The maximum absolute atomic E-state index is 13.0. The van der Waals surface area contributed by atoms with Crippen molar-refractivity contribution in [3.8, 4) is 0 Å². The summed E-state index contributed by atoms with van der Waals surface area (Å²) in [4.78, 5) is 11.2. The number of carboxylic acids is 1. The number of rotatable bonds is 11. The molecule has 1 atom stereocenters. The van der Waals surface area contributed by atoms with Crippen LogP contribution in [0.1, 0.15) is 42.2 Å². The van der Waals surface area contributed by atoms with E-state index in [9.17, 15) is 18.3 Å². The van der Waals surface area contributed by atoms with Crippen molar-refractivity contribution in [1.82, 2.24) is 4.72 Å². The maximum atomic E-state index is 13.0. The summed E-state index contributed by atoms with van der Waals surface area (Å²) >= 11 is 0. The van der Waals surface area contributed by atoms with Crippen LogP contribution in [0.15, 0.2) is 53.4 Å². The summed E-state index contributed by atoms with van der Waals surface area (Å²) < 4.78 is 33.8. The molecular formula is C20H26N2O5S. The van der Waals surface area contributed by atoms with Crippen LogP contribution in [0.3, 0.4) is 0 Å². The molecule has 0 unspecified atom stereocenters. The van der Waals surface area contributed by atoms with Crippen molar-refractivity contribution in [2.24, 2.45) is 0 Å². The number of nitrogens with one attached hydrogen (secondary N) is 2. The van der Waals surface area contributed by atoms with Gasteiger partial charge in [-0.25, -0.2) is 17.9 Å². The minimum Gasteiger partial charge on any atom is -0.478 e. The van der Waals surface area contributed by atoms with Gasteiger partial charge in [-0.15, -0.1) is 0 Å². The van der Waals surface area contributed by atoms with Crippen LogP contribution < -0.4 is 10.0 Å². The van der Waals surface area contributed by atoms with E-state index in [4.69, 9.17) is 4.74 Å². The van der Waals surface area contributed by atoms with Gasteiger partial charge in [-0.1, -0.05) is 30.3 Å². The van der Waals surface area contributed by atoms with Crippen LogP contribution in [0.25, 0.3) is 0 Å². The highest BCUT2D eigenvalue weighted by atomic mass is 32.2. The molecule has 0 amide bonds. The first-order valence-electron chi connectivity index (χ1n) is 9.11. The van der Waals surface area contributed by atoms with Crippen molar-refractivity contribution in [3.05, 3.63) is 59.7 Å². The lowest BCUT2D eigenvalue weighted by molar-refractivity contribution is 0.0696. The summed E-state index contributed by atoms with van der Waals surface area (Å²) in [7, 11) is -3.95. The third-order valence-electron chi connectivity index (χ3n) is 4.13. The van der Waals surface area contributed by atoms with Gasteiger partial charge in [0.2, 0.25) is 10.0 Å². The second-order valence-electron chi connectivity index (χ2n) is 6.25. The monoisotopic (exact) mass is 406 g/mol. The summed E-state index contributed by atoms with van der Waals surface area (Å²) in [6, 6.07) is 12.7. The van der Waals surface area contributed by atoms with Crippen LogP contribution in [-0.4, -0.2) is 39.3 Å². The van der Waals surface area contributed by atoms with Crippen LogP contribution in [0.5, 0.6) is 0 Å². The van der Waals surface area contributed by atoms with E-state index in [2.05, 4.69) is 10.0 Å². The van der Waals surface area contributed by atoms with Gasteiger partial charge in [0.1, 0.15) is 4.90 Å². The largest absolute Gasteiger partial charge is 0.478 e. The average Bonchev–Trinajstić information content (AvgIpc) is 2.68. The maximum Gasteiger partial charge on any atom is 0.335 e. The average molecular weight is 407 g/mol. The fourth-order valence-electron chi connectivity index (χ4n) is 2.67. The number of sulfonamides is 1. The molecule has 3 N–H and O–H groups in total. The molecule has 0 fully saturated rings. The van der Waals surface area contributed by atoms with Crippen molar-refractivity contribution >= 4 is 21.7 Å². The van der Waals surface area contributed by atoms with Gasteiger partial charge in [-0.3, -0.25) is 0 Å². The van der Waals surface area contributed by atoms with E-state index in [0.717, 1.165) is 5.56 Å². The Balaban J connectivity index is 2.25. The highest BCUT2D eigenvalue weighted by molar-refractivity contribution is 7.89. The molecule has 0 bridgehead atoms. The number of hydrogen-bond acceptors (Lipinski definition) is 5. The van der Waals surface area contributed by atoms with Crippen molar-refractivity contribution < 1.29 is 23.1 Å². The molecule has 0 spiro atoms. The van der Waals surface area contributed by atoms with E-state index in [-0.39, 0.29) is 10.5 Å². The van der Waals surface area contributed by atoms with E-state index in [1.54, 1.807) is 6.92 Å². The van der Waals surface area contributed by atoms with Crippen LogP contribution in [0.2, 0.25) is 0 Å². The number of aromatic carboxylic acids is 1. The first kappa shape index (κ1) is 21.9. The molecule has 28 heavy (non-hydrogen) atoms. The van der Waals surface area contributed by atoms with Gasteiger partial charge in [0, 0.05) is 25.8 Å². The first-order valence-corrected chi connectivity index (χ1v) is 10.6. The summed E-state index contributed by atoms with van der Waals surface area (Å²) in [6.45, 7) is 5.32. The van der Waals surface area contributed by atoms with E-state index in [0.29, 0.717) is 31.9 Å². The van der Waals surface area contributed by atoms with Crippen molar-refractivity contribution in [2.45, 2.75) is 31.2 Å². The van der Waals surface area contributed by atoms with E-state index >= 15 is 0 Å². The Labute approximate surface area is 165 Å². The molecular weight excluding hydrogens is 380 g/mol. The Morgan fingerprint density at radius 1 is 1.18 bits per heavy atom. The Morgan fingerprint density at radius 2 is 1.89 bits per heavy atom. The molecule has 0 radical (unpaired) electrons. The zero-order valence-electron chi connectivity index (χ0n) is 16.0. The molecule has 0 aromatic heterocycles. The third kappa shape index (κ3) is 6.05. The van der Waals surface area contributed by atoms with E-state index in [1.807, 2.05) is 37.3 Å². The van der Waals surface area contributed by atoms with E-state index in [1.165, 1.54) is 18.2 Å². The van der Waals surface area contributed by atoms with Crippen LogP contribution in [-0.2, 0) is 14.8 Å². The van der Waals surface area contributed by atoms with Gasteiger partial charge in [-0.05, 0) is 44.0 Å². The summed E-state index contributed by atoms with van der Waals surface area (Å²) in [5.41, 5.74) is 1.08. The molecule has 2 rings (SSSR count). The van der Waals surface area contributed by atoms with Gasteiger partial charge in [0.25, 0.3) is 0 Å². The molecule has 0 aliphatic rings. The number of ether oxygens (including phenoxy) is 1. The Bertz CT molecular complexity index is 885. The predicted molar refractivity (Wildman–Crippen MR) is 108 cm³/mol. The highest BCUT2D eigenvalue weighted by Gasteiger charge is 2.23. The normalized spacial score (nSPS) is 12.5. The Kier molecular flexibility index (Phi) is 7.98. The van der Waals surface area contributed by atoms with Crippen LogP contribution in [0, 0.1) is 0 Å². The van der Waals surface area contributed by atoms with Gasteiger partial charge in [0.05, 0.1) is 11.3 Å². The molecule has 0 aliphatic carbocycles.